The molecule has 5 nitrogen and oxygen atoms in total. The Morgan fingerprint density at radius 2 is 2.37 bits per heavy atom. The van der Waals surface area contributed by atoms with E-state index in [1.807, 2.05) is 6.07 Å². The van der Waals surface area contributed by atoms with Gasteiger partial charge in [0.1, 0.15) is 0 Å². The molecule has 1 aromatic carbocycles. The third-order valence-corrected chi connectivity index (χ3v) is 3.84. The first kappa shape index (κ1) is 13.9. The van der Waals surface area contributed by atoms with Crippen molar-refractivity contribution in [2.75, 3.05) is 7.11 Å². The first-order valence-corrected chi connectivity index (χ1v) is 6.55. The molecular formula is C13H14BrNO4. The van der Waals surface area contributed by atoms with Crippen LogP contribution < -0.4 is 10.5 Å². The molecule has 6 heteroatoms. The van der Waals surface area contributed by atoms with Gasteiger partial charge in [-0.1, -0.05) is 0 Å². The lowest BCUT2D eigenvalue weighted by Gasteiger charge is -2.15. The van der Waals surface area contributed by atoms with Gasteiger partial charge in [-0.3, -0.25) is 4.79 Å². The largest absolute Gasteiger partial charge is 0.493 e. The third kappa shape index (κ3) is 2.74. The van der Waals surface area contributed by atoms with Gasteiger partial charge in [0, 0.05) is 22.3 Å². The highest BCUT2D eigenvalue weighted by Gasteiger charge is 2.18. The van der Waals surface area contributed by atoms with Crippen LogP contribution in [0, 0.1) is 0 Å². The van der Waals surface area contributed by atoms with Crippen LogP contribution in [0.1, 0.15) is 24.4 Å². The van der Waals surface area contributed by atoms with E-state index in [0.717, 1.165) is 15.4 Å². The standard InChI is InChI=1S/C13H14BrNO4/c1-18-10-6-8(9(15)2-3-11(16)17)12(14)7-4-5-19-13(7)10/h4-6,9H,2-3,15H2,1H3,(H,16,17). The number of benzene rings is 1. The van der Waals surface area contributed by atoms with Gasteiger partial charge in [0.2, 0.25) is 0 Å². The maximum atomic E-state index is 10.6. The van der Waals surface area contributed by atoms with Gasteiger partial charge in [0.05, 0.1) is 13.4 Å². The predicted octanol–water partition coefficient (Wildman–Crippen LogP) is 3.07. The van der Waals surface area contributed by atoms with Crippen molar-refractivity contribution >= 4 is 32.9 Å². The fraction of sp³-hybridized carbons (Fsp3) is 0.308. The van der Waals surface area contributed by atoms with Gasteiger partial charge >= 0.3 is 5.97 Å². The number of hydrogen-bond acceptors (Lipinski definition) is 4. The monoisotopic (exact) mass is 327 g/mol. The SMILES string of the molecule is COc1cc(C(N)CCC(=O)O)c(Br)c2ccoc12. The highest BCUT2D eigenvalue weighted by Crippen LogP contribution is 2.38. The van der Waals surface area contributed by atoms with Crippen LogP contribution in [0.25, 0.3) is 11.0 Å². The number of carboxylic acids is 1. The van der Waals surface area contributed by atoms with Crippen LogP contribution in [0.15, 0.2) is 27.3 Å². The Labute approximate surface area is 118 Å². The molecule has 2 aromatic rings. The number of furan rings is 1. The third-order valence-electron chi connectivity index (χ3n) is 2.95. The summed E-state index contributed by atoms with van der Waals surface area (Å²) in [4.78, 5) is 10.6. The van der Waals surface area contributed by atoms with Crippen molar-refractivity contribution in [2.45, 2.75) is 18.9 Å². The number of methoxy groups -OCH3 is 1. The van der Waals surface area contributed by atoms with Crippen LogP contribution in [0.4, 0.5) is 0 Å². The summed E-state index contributed by atoms with van der Waals surface area (Å²) in [6.07, 6.45) is 1.96. The zero-order valence-corrected chi connectivity index (χ0v) is 11.9. The van der Waals surface area contributed by atoms with E-state index in [-0.39, 0.29) is 12.5 Å². The topological polar surface area (TPSA) is 85.7 Å². The van der Waals surface area contributed by atoms with E-state index < -0.39 is 5.97 Å². The Bertz CT molecular complexity index is 608. The average molecular weight is 328 g/mol. The molecular weight excluding hydrogens is 314 g/mol. The molecule has 0 radical (unpaired) electrons. The zero-order chi connectivity index (χ0) is 14.0. The highest BCUT2D eigenvalue weighted by molar-refractivity contribution is 9.10. The van der Waals surface area contributed by atoms with Crippen LogP contribution in [-0.4, -0.2) is 18.2 Å². The minimum Gasteiger partial charge on any atom is -0.493 e. The number of hydrogen-bond donors (Lipinski definition) is 2. The summed E-state index contributed by atoms with van der Waals surface area (Å²) in [5.74, 6) is -0.271. The molecule has 0 saturated carbocycles. The van der Waals surface area contributed by atoms with E-state index in [9.17, 15) is 4.79 Å². The molecule has 0 saturated heterocycles. The fourth-order valence-electron chi connectivity index (χ4n) is 1.95. The Hall–Kier alpha value is -1.53. The van der Waals surface area contributed by atoms with Crippen LogP contribution in [0.3, 0.4) is 0 Å². The number of carbonyl (C=O) groups is 1. The van der Waals surface area contributed by atoms with Crippen LogP contribution in [0.2, 0.25) is 0 Å². The van der Waals surface area contributed by atoms with Crippen molar-refractivity contribution < 1.29 is 19.1 Å². The zero-order valence-electron chi connectivity index (χ0n) is 10.4. The molecule has 0 spiro atoms. The summed E-state index contributed by atoms with van der Waals surface area (Å²) in [6.45, 7) is 0. The van der Waals surface area contributed by atoms with Crippen LogP contribution in [0.5, 0.6) is 5.75 Å². The van der Waals surface area contributed by atoms with Gasteiger partial charge in [0.25, 0.3) is 0 Å². The van der Waals surface area contributed by atoms with Gasteiger partial charge in [-0.2, -0.15) is 0 Å². The molecule has 0 fully saturated rings. The molecule has 1 aromatic heterocycles. The van der Waals surface area contributed by atoms with Crippen molar-refractivity contribution in [2.24, 2.45) is 5.73 Å². The molecule has 0 aliphatic rings. The Morgan fingerprint density at radius 3 is 3.00 bits per heavy atom. The molecule has 1 unspecified atom stereocenters. The van der Waals surface area contributed by atoms with Crippen molar-refractivity contribution in [1.29, 1.82) is 0 Å². The van der Waals surface area contributed by atoms with E-state index in [1.165, 1.54) is 0 Å². The molecule has 2 rings (SSSR count). The van der Waals surface area contributed by atoms with Gasteiger partial charge in [0.15, 0.2) is 11.3 Å². The summed E-state index contributed by atoms with van der Waals surface area (Å²) in [5.41, 5.74) is 7.50. The van der Waals surface area contributed by atoms with Gasteiger partial charge < -0.3 is 20.0 Å². The van der Waals surface area contributed by atoms with Crippen LogP contribution >= 0.6 is 15.9 Å². The molecule has 3 N–H and O–H groups in total. The summed E-state index contributed by atoms with van der Waals surface area (Å²) in [7, 11) is 1.55. The first-order chi connectivity index (χ1) is 9.04. The van der Waals surface area contributed by atoms with E-state index >= 15 is 0 Å². The molecule has 0 bridgehead atoms. The molecule has 0 aliphatic heterocycles. The maximum absolute atomic E-state index is 10.6. The Morgan fingerprint density at radius 1 is 1.63 bits per heavy atom. The second-order valence-corrected chi connectivity index (χ2v) is 4.98. The lowest BCUT2D eigenvalue weighted by molar-refractivity contribution is -0.137. The van der Waals surface area contributed by atoms with Gasteiger partial charge in [-0.25, -0.2) is 0 Å². The predicted molar refractivity (Wildman–Crippen MR) is 74.3 cm³/mol. The smallest absolute Gasteiger partial charge is 0.303 e. The molecule has 102 valence electrons. The van der Waals surface area contributed by atoms with E-state index in [4.69, 9.17) is 20.0 Å². The van der Waals surface area contributed by atoms with Gasteiger partial charge in [-0.05, 0) is 40.0 Å². The van der Waals surface area contributed by atoms with Crippen LogP contribution in [-0.2, 0) is 4.79 Å². The molecule has 1 heterocycles. The normalized spacial score (nSPS) is 12.6. The number of fused-ring (bicyclic) bond motifs is 1. The molecule has 0 amide bonds. The minimum absolute atomic E-state index is 0.0271. The lowest BCUT2D eigenvalue weighted by Crippen LogP contribution is -2.13. The van der Waals surface area contributed by atoms with Crippen molar-refractivity contribution in [1.82, 2.24) is 0 Å². The van der Waals surface area contributed by atoms with E-state index in [1.54, 1.807) is 19.4 Å². The quantitative estimate of drug-likeness (QED) is 0.881. The van der Waals surface area contributed by atoms with Crippen molar-refractivity contribution in [3.8, 4) is 5.75 Å². The molecule has 0 aliphatic carbocycles. The lowest BCUT2D eigenvalue weighted by atomic mass is 10.0. The van der Waals surface area contributed by atoms with E-state index in [2.05, 4.69) is 15.9 Å². The summed E-state index contributed by atoms with van der Waals surface area (Å²) in [6, 6.07) is 3.22. The number of aliphatic carboxylic acids is 1. The van der Waals surface area contributed by atoms with E-state index in [0.29, 0.717) is 17.8 Å². The first-order valence-electron chi connectivity index (χ1n) is 5.75. The fourth-order valence-corrected chi connectivity index (χ4v) is 2.68. The second kappa shape index (κ2) is 5.63. The number of rotatable bonds is 5. The Balaban J connectivity index is 2.42. The molecule has 1 atom stereocenters. The number of ether oxygens (including phenoxy) is 1. The highest BCUT2D eigenvalue weighted by atomic mass is 79.9. The summed E-state index contributed by atoms with van der Waals surface area (Å²) >= 11 is 3.49. The maximum Gasteiger partial charge on any atom is 0.303 e. The second-order valence-electron chi connectivity index (χ2n) is 4.18. The Kier molecular flexibility index (Phi) is 4.11. The molecule has 19 heavy (non-hydrogen) atoms. The minimum atomic E-state index is -0.858. The summed E-state index contributed by atoms with van der Waals surface area (Å²) < 4.78 is 11.4. The average Bonchev–Trinajstić information content (AvgIpc) is 2.86. The number of carboxylic acid groups (broad SMARTS) is 1. The van der Waals surface area contributed by atoms with Crippen molar-refractivity contribution in [3.63, 3.8) is 0 Å². The number of nitrogens with two attached hydrogens (primary N) is 1. The van der Waals surface area contributed by atoms with Gasteiger partial charge in [-0.15, -0.1) is 0 Å². The summed E-state index contributed by atoms with van der Waals surface area (Å²) in [5, 5.41) is 9.57. The van der Waals surface area contributed by atoms with Crippen molar-refractivity contribution in [3.05, 3.63) is 28.4 Å². The number of halogens is 1.